The first-order chi connectivity index (χ1) is 12.4. The molecule has 3 rings (SSSR count). The highest BCUT2D eigenvalue weighted by Gasteiger charge is 2.19. The zero-order valence-electron chi connectivity index (χ0n) is 15.0. The van der Waals surface area contributed by atoms with Crippen LogP contribution < -0.4 is 11.2 Å². The number of aryl methyl sites for hydroxylation is 1. The Morgan fingerprint density at radius 3 is 2.46 bits per heavy atom. The summed E-state index contributed by atoms with van der Waals surface area (Å²) in [4.78, 5) is 29.5. The zero-order valence-corrected chi connectivity index (χ0v) is 15.8. The van der Waals surface area contributed by atoms with Crippen molar-refractivity contribution < 1.29 is 4.74 Å². The molecular weight excluding hydrogens is 356 g/mol. The maximum Gasteiger partial charge on any atom is 0.332 e. The van der Waals surface area contributed by atoms with Crippen molar-refractivity contribution in [1.29, 1.82) is 0 Å². The van der Waals surface area contributed by atoms with Gasteiger partial charge in [-0.05, 0) is 24.1 Å². The number of fused-ring (bicyclic) bond motifs is 1. The molecule has 3 aromatic rings. The molecule has 0 amide bonds. The van der Waals surface area contributed by atoms with Gasteiger partial charge in [0.2, 0.25) is 0 Å². The molecule has 26 heavy (non-hydrogen) atoms. The van der Waals surface area contributed by atoms with E-state index in [1.807, 2.05) is 23.6 Å². The smallest absolute Gasteiger partial charge is 0.332 e. The van der Waals surface area contributed by atoms with E-state index < -0.39 is 5.69 Å². The fourth-order valence-corrected chi connectivity index (χ4v) is 2.98. The Labute approximate surface area is 155 Å². The Balaban J connectivity index is 2.19. The lowest BCUT2D eigenvalue weighted by atomic mass is 10.2. The van der Waals surface area contributed by atoms with Gasteiger partial charge < -0.3 is 9.30 Å². The van der Waals surface area contributed by atoms with E-state index in [2.05, 4.69) is 4.98 Å². The van der Waals surface area contributed by atoms with Gasteiger partial charge in [0.25, 0.3) is 5.56 Å². The van der Waals surface area contributed by atoms with Crippen LogP contribution in [0.25, 0.3) is 11.2 Å². The third kappa shape index (κ3) is 3.32. The Morgan fingerprint density at radius 1 is 1.12 bits per heavy atom. The van der Waals surface area contributed by atoms with Crippen molar-refractivity contribution in [1.82, 2.24) is 18.7 Å². The van der Waals surface area contributed by atoms with Gasteiger partial charge in [-0.3, -0.25) is 13.9 Å². The Hall–Kier alpha value is -2.38. The van der Waals surface area contributed by atoms with Gasteiger partial charge in [-0.2, -0.15) is 0 Å². The van der Waals surface area contributed by atoms with Crippen molar-refractivity contribution in [3.63, 3.8) is 0 Å². The molecule has 0 fully saturated rings. The van der Waals surface area contributed by atoms with Crippen molar-refractivity contribution in [2.24, 2.45) is 14.1 Å². The van der Waals surface area contributed by atoms with Crippen LogP contribution in [0.5, 0.6) is 0 Å². The molecule has 0 aliphatic heterocycles. The quantitative estimate of drug-likeness (QED) is 0.617. The molecule has 0 aliphatic carbocycles. The molecule has 0 radical (unpaired) electrons. The Morgan fingerprint density at radius 2 is 1.81 bits per heavy atom. The summed E-state index contributed by atoms with van der Waals surface area (Å²) in [7, 11) is 3.08. The maximum absolute atomic E-state index is 12.7. The van der Waals surface area contributed by atoms with Crippen LogP contribution in [0.2, 0.25) is 5.02 Å². The second-order valence-electron chi connectivity index (χ2n) is 6.17. The number of benzene rings is 1. The lowest BCUT2D eigenvalue weighted by Gasteiger charge is -2.10. The summed E-state index contributed by atoms with van der Waals surface area (Å²) in [6, 6.07) is 7.41. The standard InChI is InChI=1S/C18H21ClN4O3/c1-4-9-26-11-14-20-16-15(17(24)22(3)18(25)21(16)2)23(14)10-12-5-7-13(19)8-6-12/h5-8H,4,9-11H2,1-3H3. The summed E-state index contributed by atoms with van der Waals surface area (Å²) in [5.74, 6) is 0.613. The highest BCUT2D eigenvalue weighted by atomic mass is 35.5. The lowest BCUT2D eigenvalue weighted by Crippen LogP contribution is -2.37. The van der Waals surface area contributed by atoms with Gasteiger partial charge in [0, 0.05) is 32.3 Å². The summed E-state index contributed by atoms with van der Waals surface area (Å²) < 4.78 is 9.93. The van der Waals surface area contributed by atoms with Crippen LogP contribution in [-0.4, -0.2) is 25.3 Å². The monoisotopic (exact) mass is 376 g/mol. The number of aromatic nitrogens is 4. The summed E-state index contributed by atoms with van der Waals surface area (Å²) in [5, 5.41) is 0.647. The van der Waals surface area contributed by atoms with Gasteiger partial charge in [0.1, 0.15) is 12.4 Å². The second kappa shape index (κ2) is 7.47. The van der Waals surface area contributed by atoms with E-state index in [1.165, 1.54) is 11.6 Å². The average Bonchev–Trinajstić information content (AvgIpc) is 2.99. The number of rotatable bonds is 6. The third-order valence-corrected chi connectivity index (χ3v) is 4.51. The van der Waals surface area contributed by atoms with Crippen molar-refractivity contribution in [2.45, 2.75) is 26.5 Å². The molecule has 8 heteroatoms. The highest BCUT2D eigenvalue weighted by molar-refractivity contribution is 6.30. The minimum atomic E-state index is -0.403. The van der Waals surface area contributed by atoms with E-state index in [4.69, 9.17) is 16.3 Å². The second-order valence-corrected chi connectivity index (χ2v) is 6.61. The first-order valence-electron chi connectivity index (χ1n) is 8.41. The van der Waals surface area contributed by atoms with Gasteiger partial charge in [0.05, 0.1) is 0 Å². The summed E-state index contributed by atoms with van der Waals surface area (Å²) in [6.07, 6.45) is 0.887. The maximum atomic E-state index is 12.7. The van der Waals surface area contributed by atoms with E-state index in [0.717, 1.165) is 16.6 Å². The van der Waals surface area contributed by atoms with E-state index >= 15 is 0 Å². The van der Waals surface area contributed by atoms with Crippen molar-refractivity contribution in [2.75, 3.05) is 6.61 Å². The molecule has 0 N–H and O–H groups in total. The molecule has 0 unspecified atom stereocenters. The van der Waals surface area contributed by atoms with Gasteiger partial charge in [0.15, 0.2) is 11.2 Å². The topological polar surface area (TPSA) is 71.1 Å². The van der Waals surface area contributed by atoms with Gasteiger partial charge in [-0.25, -0.2) is 9.78 Å². The Kier molecular flexibility index (Phi) is 5.29. The van der Waals surface area contributed by atoms with E-state index in [-0.39, 0.29) is 12.2 Å². The van der Waals surface area contributed by atoms with Crippen LogP contribution in [0.1, 0.15) is 24.7 Å². The molecular formula is C18H21ClN4O3. The molecule has 0 aliphatic rings. The van der Waals surface area contributed by atoms with Gasteiger partial charge in [-0.15, -0.1) is 0 Å². The van der Waals surface area contributed by atoms with Crippen LogP contribution in [0.15, 0.2) is 33.9 Å². The number of hydrogen-bond donors (Lipinski definition) is 0. The first kappa shape index (κ1) is 18.4. The normalized spacial score (nSPS) is 11.4. The average molecular weight is 377 g/mol. The molecule has 0 saturated heterocycles. The molecule has 1 aromatic carbocycles. The third-order valence-electron chi connectivity index (χ3n) is 4.26. The number of hydrogen-bond acceptors (Lipinski definition) is 4. The van der Waals surface area contributed by atoms with E-state index in [9.17, 15) is 9.59 Å². The zero-order chi connectivity index (χ0) is 18.8. The van der Waals surface area contributed by atoms with E-state index in [1.54, 1.807) is 19.2 Å². The fourth-order valence-electron chi connectivity index (χ4n) is 2.85. The van der Waals surface area contributed by atoms with Gasteiger partial charge in [-0.1, -0.05) is 30.7 Å². The number of ether oxygens (including phenoxy) is 1. The number of nitrogens with zero attached hydrogens (tertiary/aromatic N) is 4. The summed E-state index contributed by atoms with van der Waals surface area (Å²) in [5.41, 5.74) is 0.953. The predicted molar refractivity (Wildman–Crippen MR) is 101 cm³/mol. The summed E-state index contributed by atoms with van der Waals surface area (Å²) in [6.45, 7) is 3.33. The number of imidazole rings is 1. The van der Waals surface area contributed by atoms with Crippen LogP contribution >= 0.6 is 11.6 Å². The minimum Gasteiger partial charge on any atom is -0.374 e. The minimum absolute atomic E-state index is 0.271. The van der Waals surface area contributed by atoms with Crippen LogP contribution in [-0.2, 0) is 32.0 Å². The Bertz CT molecular complexity index is 1050. The van der Waals surface area contributed by atoms with E-state index in [0.29, 0.717) is 35.2 Å². The molecule has 138 valence electrons. The molecule has 0 saturated carbocycles. The van der Waals surface area contributed by atoms with Crippen molar-refractivity contribution in [3.8, 4) is 0 Å². The molecule has 2 heterocycles. The number of halogens is 1. The van der Waals surface area contributed by atoms with Crippen LogP contribution in [0.4, 0.5) is 0 Å². The fraction of sp³-hybridized carbons (Fsp3) is 0.389. The molecule has 7 nitrogen and oxygen atoms in total. The van der Waals surface area contributed by atoms with Crippen molar-refractivity contribution in [3.05, 3.63) is 61.5 Å². The summed E-state index contributed by atoms with van der Waals surface area (Å²) >= 11 is 5.96. The first-order valence-corrected chi connectivity index (χ1v) is 8.79. The molecule has 2 aromatic heterocycles. The molecule has 0 atom stereocenters. The SMILES string of the molecule is CCCOCc1nc2c(c(=O)n(C)c(=O)n2C)n1Cc1ccc(Cl)cc1. The van der Waals surface area contributed by atoms with Crippen LogP contribution in [0.3, 0.4) is 0 Å². The molecule has 0 bridgehead atoms. The van der Waals surface area contributed by atoms with Crippen LogP contribution in [0, 0.1) is 0 Å². The largest absolute Gasteiger partial charge is 0.374 e. The van der Waals surface area contributed by atoms with Gasteiger partial charge >= 0.3 is 5.69 Å². The molecule has 0 spiro atoms. The highest BCUT2D eigenvalue weighted by Crippen LogP contribution is 2.17. The van der Waals surface area contributed by atoms with Crippen molar-refractivity contribution >= 4 is 22.8 Å². The predicted octanol–water partition coefficient (Wildman–Crippen LogP) is 2.06. The lowest BCUT2D eigenvalue weighted by molar-refractivity contribution is 0.114.